The number of carbonyl (C=O) groups is 1. The molecule has 1 aromatic carbocycles. The Hall–Kier alpha value is -2.84. The van der Waals surface area contributed by atoms with Gasteiger partial charge in [-0.05, 0) is 24.6 Å². The van der Waals surface area contributed by atoms with Crippen molar-refractivity contribution in [3.05, 3.63) is 54.5 Å². The van der Waals surface area contributed by atoms with Crippen LogP contribution < -0.4 is 9.80 Å². The van der Waals surface area contributed by atoms with Gasteiger partial charge in [0.2, 0.25) is 0 Å². The molecule has 8 heteroatoms. The Morgan fingerprint density at radius 3 is 2.42 bits per heavy atom. The summed E-state index contributed by atoms with van der Waals surface area (Å²) in [6, 6.07) is 8.77. The summed E-state index contributed by atoms with van der Waals surface area (Å²) in [7, 11) is 1.92. The molecule has 2 saturated heterocycles. The van der Waals surface area contributed by atoms with E-state index in [1.165, 1.54) is 15.9 Å². The van der Waals surface area contributed by atoms with Crippen molar-refractivity contribution in [3.8, 4) is 0 Å². The van der Waals surface area contributed by atoms with Crippen LogP contribution in [0.25, 0.3) is 0 Å². The quantitative estimate of drug-likeness (QED) is 0.735. The Balaban J connectivity index is 1.27. The predicted molar refractivity (Wildman–Crippen MR) is 123 cm³/mol. The number of carbonyl (C=O) groups excluding carboxylic acids is 1. The monoisotopic (exact) mass is 424 g/mol. The van der Waals surface area contributed by atoms with Crippen molar-refractivity contribution in [3.63, 3.8) is 0 Å². The summed E-state index contributed by atoms with van der Waals surface area (Å²) < 4.78 is 6.86. The zero-order chi connectivity index (χ0) is 21.8. The third-order valence-electron chi connectivity index (χ3n) is 6.09. The van der Waals surface area contributed by atoms with E-state index in [0.717, 1.165) is 57.3 Å². The highest BCUT2D eigenvalue weighted by Crippen LogP contribution is 2.19. The van der Waals surface area contributed by atoms with Crippen LogP contribution >= 0.6 is 0 Å². The first-order valence-corrected chi connectivity index (χ1v) is 10.9. The molecule has 1 aromatic heterocycles. The Morgan fingerprint density at radius 1 is 1.10 bits per heavy atom. The Morgan fingerprint density at radius 2 is 1.77 bits per heavy atom. The van der Waals surface area contributed by atoms with Crippen LogP contribution in [-0.2, 0) is 11.3 Å². The second-order valence-corrected chi connectivity index (χ2v) is 8.25. The topological polar surface area (TPSA) is 57.1 Å². The van der Waals surface area contributed by atoms with Gasteiger partial charge >= 0.3 is 6.03 Å². The number of morpholine rings is 1. The van der Waals surface area contributed by atoms with Gasteiger partial charge in [0, 0.05) is 64.2 Å². The van der Waals surface area contributed by atoms with Crippen LogP contribution in [0.3, 0.4) is 0 Å². The minimum absolute atomic E-state index is 0.0733. The molecule has 0 N–H and O–H groups in total. The van der Waals surface area contributed by atoms with Gasteiger partial charge in [-0.3, -0.25) is 4.90 Å². The molecule has 2 aromatic rings. The van der Waals surface area contributed by atoms with E-state index in [4.69, 9.17) is 4.74 Å². The lowest BCUT2D eigenvalue weighted by molar-refractivity contribution is 0.122. The smallest absolute Gasteiger partial charge is 0.344 e. The van der Waals surface area contributed by atoms with Gasteiger partial charge in [-0.2, -0.15) is 9.78 Å². The van der Waals surface area contributed by atoms with Crippen molar-refractivity contribution in [1.82, 2.24) is 19.6 Å². The second-order valence-electron chi connectivity index (χ2n) is 8.25. The van der Waals surface area contributed by atoms with E-state index >= 15 is 0 Å². The molecule has 2 aliphatic rings. The fourth-order valence-electron chi connectivity index (χ4n) is 3.95. The standard InChI is InChI=1S/C23H32N6O2/c1-19(2)25(3)22-16-24-29(18-22)23(30)28-10-8-26(9-11-28)17-20-4-6-21(7-5-20)27-12-14-31-15-13-27/h4-7,16,18H,1,8-15,17H2,2-3H3. The van der Waals surface area contributed by atoms with E-state index in [1.54, 1.807) is 12.4 Å². The van der Waals surface area contributed by atoms with Gasteiger partial charge in [0.25, 0.3) is 0 Å². The molecule has 0 unspecified atom stereocenters. The van der Waals surface area contributed by atoms with Crippen molar-refractivity contribution < 1.29 is 9.53 Å². The van der Waals surface area contributed by atoms with Crippen LogP contribution in [0.1, 0.15) is 12.5 Å². The molecular weight excluding hydrogens is 392 g/mol. The maximum atomic E-state index is 12.8. The number of amides is 1. The van der Waals surface area contributed by atoms with Crippen LogP contribution in [0.4, 0.5) is 16.2 Å². The van der Waals surface area contributed by atoms with E-state index in [2.05, 4.69) is 45.7 Å². The van der Waals surface area contributed by atoms with Gasteiger partial charge in [-0.25, -0.2) is 4.79 Å². The van der Waals surface area contributed by atoms with E-state index in [0.29, 0.717) is 13.1 Å². The van der Waals surface area contributed by atoms with Crippen molar-refractivity contribution in [2.75, 3.05) is 69.3 Å². The van der Waals surface area contributed by atoms with Gasteiger partial charge in [-0.1, -0.05) is 18.7 Å². The number of benzene rings is 1. The molecule has 1 amide bonds. The van der Waals surface area contributed by atoms with Crippen molar-refractivity contribution in [1.29, 1.82) is 0 Å². The van der Waals surface area contributed by atoms with Crippen LogP contribution in [0.15, 0.2) is 48.9 Å². The molecule has 4 rings (SSSR count). The molecule has 0 saturated carbocycles. The van der Waals surface area contributed by atoms with Gasteiger partial charge in [0.05, 0.1) is 31.3 Å². The molecule has 0 spiro atoms. The third-order valence-corrected chi connectivity index (χ3v) is 6.09. The first kappa shape index (κ1) is 21.4. The van der Waals surface area contributed by atoms with Crippen molar-refractivity contribution in [2.45, 2.75) is 13.5 Å². The minimum atomic E-state index is -0.0733. The fourth-order valence-corrected chi connectivity index (χ4v) is 3.95. The zero-order valence-corrected chi connectivity index (χ0v) is 18.5. The van der Waals surface area contributed by atoms with E-state index in [9.17, 15) is 4.79 Å². The predicted octanol–water partition coefficient (Wildman–Crippen LogP) is 2.48. The SMILES string of the molecule is C=C(C)N(C)c1cnn(C(=O)N2CCN(Cc3ccc(N4CCOCC4)cc3)CC2)c1. The summed E-state index contributed by atoms with van der Waals surface area (Å²) in [6.07, 6.45) is 3.46. The number of hydrogen-bond donors (Lipinski definition) is 0. The molecule has 0 radical (unpaired) electrons. The summed E-state index contributed by atoms with van der Waals surface area (Å²) >= 11 is 0. The molecule has 166 valence electrons. The van der Waals surface area contributed by atoms with Gasteiger partial charge in [0.15, 0.2) is 0 Å². The molecular formula is C23H32N6O2. The van der Waals surface area contributed by atoms with E-state index < -0.39 is 0 Å². The molecule has 2 aliphatic heterocycles. The Bertz CT molecular complexity index is 895. The number of anilines is 2. The minimum Gasteiger partial charge on any atom is -0.378 e. The van der Waals surface area contributed by atoms with Crippen molar-refractivity contribution in [2.24, 2.45) is 0 Å². The summed E-state index contributed by atoms with van der Waals surface area (Å²) in [5, 5.41) is 4.25. The lowest BCUT2D eigenvalue weighted by atomic mass is 10.1. The highest BCUT2D eigenvalue weighted by molar-refractivity contribution is 5.77. The second kappa shape index (κ2) is 9.53. The zero-order valence-electron chi connectivity index (χ0n) is 18.5. The molecule has 8 nitrogen and oxygen atoms in total. The molecule has 3 heterocycles. The first-order chi connectivity index (χ1) is 15.0. The molecule has 0 aliphatic carbocycles. The van der Waals surface area contributed by atoms with Crippen molar-refractivity contribution >= 4 is 17.4 Å². The summed E-state index contributed by atoms with van der Waals surface area (Å²) in [5.74, 6) is 0. The molecule has 0 bridgehead atoms. The average molecular weight is 425 g/mol. The highest BCUT2D eigenvalue weighted by atomic mass is 16.5. The van der Waals surface area contributed by atoms with Crippen LogP contribution in [0, 0.1) is 0 Å². The maximum Gasteiger partial charge on any atom is 0.344 e. The molecule has 31 heavy (non-hydrogen) atoms. The average Bonchev–Trinajstić information content (AvgIpc) is 3.30. The van der Waals surface area contributed by atoms with Crippen LogP contribution in [0.5, 0.6) is 0 Å². The third kappa shape index (κ3) is 5.08. The van der Waals surface area contributed by atoms with E-state index in [1.807, 2.05) is 23.8 Å². The summed E-state index contributed by atoms with van der Waals surface area (Å²) in [5.41, 5.74) is 4.33. The number of ether oxygens (including phenoxy) is 1. The number of allylic oxidation sites excluding steroid dienone is 1. The maximum absolute atomic E-state index is 12.8. The van der Waals surface area contributed by atoms with E-state index in [-0.39, 0.29) is 6.03 Å². The largest absolute Gasteiger partial charge is 0.378 e. The van der Waals surface area contributed by atoms with Gasteiger partial charge in [-0.15, -0.1) is 0 Å². The Labute approximate surface area is 184 Å². The van der Waals surface area contributed by atoms with Gasteiger partial charge in [0.1, 0.15) is 0 Å². The summed E-state index contributed by atoms with van der Waals surface area (Å²) in [4.78, 5) is 21.4. The highest BCUT2D eigenvalue weighted by Gasteiger charge is 2.23. The summed E-state index contributed by atoms with van der Waals surface area (Å²) in [6.45, 7) is 13.4. The lowest BCUT2D eigenvalue weighted by Gasteiger charge is -2.34. The normalized spacial score (nSPS) is 17.6. The Kier molecular flexibility index (Phi) is 6.58. The molecule has 2 fully saturated rings. The number of nitrogens with zero attached hydrogens (tertiary/aromatic N) is 6. The first-order valence-electron chi connectivity index (χ1n) is 10.9. The number of hydrogen-bond acceptors (Lipinski definition) is 6. The fraction of sp³-hybridized carbons (Fsp3) is 0.478. The van der Waals surface area contributed by atoms with Gasteiger partial charge < -0.3 is 19.4 Å². The van der Waals surface area contributed by atoms with Crippen LogP contribution in [0.2, 0.25) is 0 Å². The van der Waals surface area contributed by atoms with Crippen LogP contribution in [-0.4, -0.2) is 85.1 Å². The molecule has 0 atom stereocenters. The number of aromatic nitrogens is 2. The lowest BCUT2D eigenvalue weighted by Crippen LogP contribution is -2.49. The number of piperazine rings is 1. The number of rotatable bonds is 5.